The molecule has 7 nitrogen and oxygen atoms in total. The quantitative estimate of drug-likeness (QED) is 0.547. The maximum absolute atomic E-state index is 15.6. The van der Waals surface area contributed by atoms with Gasteiger partial charge in [-0.3, -0.25) is 9.59 Å². The van der Waals surface area contributed by atoms with Gasteiger partial charge in [0.05, 0.1) is 11.3 Å². The standard InChI is InChI=1S/C20H23F2N3O4/c1-2-23-8-10-5-6-24(9-10)16-13(21)7-12-15(14(16)22)25(11-3-4-11)17(20(28)29)19(27)18(12)26/h7,10-11,17,23H,2-6,8-9H2,1H3,(H,28,29). The normalized spacial score (nSPS) is 24.2. The largest absolute Gasteiger partial charge is 0.479 e. The van der Waals surface area contributed by atoms with Gasteiger partial charge >= 0.3 is 5.97 Å². The number of hydrogen-bond acceptors (Lipinski definition) is 6. The molecule has 0 aromatic heterocycles. The van der Waals surface area contributed by atoms with Crippen molar-refractivity contribution in [3.63, 3.8) is 0 Å². The van der Waals surface area contributed by atoms with Crippen molar-refractivity contribution < 1.29 is 28.3 Å². The summed E-state index contributed by atoms with van der Waals surface area (Å²) in [5, 5.41) is 12.7. The Balaban J connectivity index is 1.77. The minimum atomic E-state index is -1.77. The summed E-state index contributed by atoms with van der Waals surface area (Å²) in [6.45, 7) is 4.45. The van der Waals surface area contributed by atoms with E-state index in [4.69, 9.17) is 0 Å². The smallest absolute Gasteiger partial charge is 0.334 e. The van der Waals surface area contributed by atoms with E-state index in [9.17, 15) is 23.9 Å². The number of nitrogens with one attached hydrogen (secondary N) is 1. The second-order valence-corrected chi connectivity index (χ2v) is 7.90. The lowest BCUT2D eigenvalue weighted by atomic mass is 9.91. The van der Waals surface area contributed by atoms with Crippen LogP contribution in [0.5, 0.6) is 0 Å². The van der Waals surface area contributed by atoms with Crippen LogP contribution in [-0.2, 0) is 9.59 Å². The number of ketones is 2. The summed E-state index contributed by atoms with van der Waals surface area (Å²) < 4.78 is 30.5. The van der Waals surface area contributed by atoms with Crippen molar-refractivity contribution in [1.82, 2.24) is 5.32 Å². The predicted molar refractivity (Wildman–Crippen MR) is 101 cm³/mol. The molecular weight excluding hydrogens is 384 g/mol. The van der Waals surface area contributed by atoms with Crippen LogP contribution in [0, 0.1) is 17.6 Å². The molecular formula is C20H23F2N3O4. The Kier molecular flexibility index (Phi) is 5.02. The fourth-order valence-electron chi connectivity index (χ4n) is 4.35. The molecule has 3 aliphatic rings. The number of hydrogen-bond donors (Lipinski definition) is 2. The van der Waals surface area contributed by atoms with Crippen molar-refractivity contribution in [2.75, 3.05) is 36.0 Å². The van der Waals surface area contributed by atoms with Gasteiger partial charge in [0.2, 0.25) is 11.6 Å². The Morgan fingerprint density at radius 3 is 2.59 bits per heavy atom. The third-order valence-electron chi connectivity index (χ3n) is 5.88. The van der Waals surface area contributed by atoms with E-state index in [1.807, 2.05) is 6.92 Å². The molecule has 1 aromatic rings. The number of carboxylic acid groups (broad SMARTS) is 1. The van der Waals surface area contributed by atoms with E-state index in [0.717, 1.165) is 25.6 Å². The molecule has 2 atom stereocenters. The minimum absolute atomic E-state index is 0.235. The van der Waals surface area contributed by atoms with Gasteiger partial charge in [0, 0.05) is 19.1 Å². The molecule has 0 bridgehead atoms. The Labute approximate surface area is 166 Å². The highest BCUT2D eigenvalue weighted by Crippen LogP contribution is 2.44. The highest BCUT2D eigenvalue weighted by Gasteiger charge is 2.51. The first-order valence-corrected chi connectivity index (χ1v) is 9.92. The summed E-state index contributed by atoms with van der Waals surface area (Å²) in [6, 6.07) is -1.23. The predicted octanol–water partition coefficient (Wildman–Crippen LogP) is 1.59. The molecule has 9 heteroatoms. The third kappa shape index (κ3) is 3.27. The number of carbonyl (C=O) groups excluding carboxylic acids is 2. The van der Waals surface area contributed by atoms with Crippen molar-refractivity contribution in [3.8, 4) is 0 Å². The van der Waals surface area contributed by atoms with Crippen LogP contribution >= 0.6 is 0 Å². The molecule has 2 N–H and O–H groups in total. The maximum atomic E-state index is 15.6. The van der Waals surface area contributed by atoms with E-state index in [2.05, 4.69) is 5.32 Å². The Hall–Kier alpha value is -2.55. The van der Waals surface area contributed by atoms with Gasteiger partial charge in [-0.2, -0.15) is 0 Å². The van der Waals surface area contributed by atoms with Crippen molar-refractivity contribution in [2.45, 2.75) is 38.3 Å². The van der Waals surface area contributed by atoms with Gasteiger partial charge in [0.25, 0.3) is 0 Å². The lowest BCUT2D eigenvalue weighted by molar-refractivity contribution is -0.141. The second kappa shape index (κ2) is 7.37. The number of rotatable bonds is 6. The number of anilines is 2. The Morgan fingerprint density at radius 2 is 1.97 bits per heavy atom. The summed E-state index contributed by atoms with van der Waals surface area (Å²) >= 11 is 0. The number of carbonyl (C=O) groups is 3. The van der Waals surface area contributed by atoms with Crippen LogP contribution in [0.4, 0.5) is 20.2 Å². The Bertz CT molecular complexity index is 887. The van der Waals surface area contributed by atoms with Crippen LogP contribution in [0.1, 0.15) is 36.5 Å². The molecule has 1 aromatic carbocycles. The summed E-state index contributed by atoms with van der Waals surface area (Å²) in [7, 11) is 0. The van der Waals surface area contributed by atoms with Crippen LogP contribution in [0.15, 0.2) is 6.07 Å². The molecule has 2 aliphatic heterocycles. The number of carboxylic acids is 1. The lowest BCUT2D eigenvalue weighted by Gasteiger charge is -2.36. The first kappa shape index (κ1) is 19.8. The average Bonchev–Trinajstić information content (AvgIpc) is 3.41. The van der Waals surface area contributed by atoms with Crippen LogP contribution in [0.25, 0.3) is 0 Å². The first-order valence-electron chi connectivity index (χ1n) is 9.92. The van der Waals surface area contributed by atoms with Crippen LogP contribution < -0.4 is 15.1 Å². The third-order valence-corrected chi connectivity index (χ3v) is 5.88. The van der Waals surface area contributed by atoms with Crippen molar-refractivity contribution >= 4 is 28.9 Å². The van der Waals surface area contributed by atoms with Gasteiger partial charge in [-0.05, 0) is 44.3 Å². The zero-order valence-corrected chi connectivity index (χ0v) is 16.1. The highest BCUT2D eigenvalue weighted by molar-refractivity contribution is 6.51. The summed E-state index contributed by atoms with van der Waals surface area (Å²) in [5.74, 6) is -5.44. The van der Waals surface area contributed by atoms with Crippen LogP contribution in [0.2, 0.25) is 0 Å². The van der Waals surface area contributed by atoms with E-state index >= 15 is 4.39 Å². The Morgan fingerprint density at radius 1 is 1.24 bits per heavy atom. The minimum Gasteiger partial charge on any atom is -0.479 e. The van der Waals surface area contributed by atoms with Gasteiger partial charge in [0.1, 0.15) is 11.5 Å². The van der Waals surface area contributed by atoms with Gasteiger partial charge in [-0.15, -0.1) is 0 Å². The number of benzene rings is 1. The fourth-order valence-corrected chi connectivity index (χ4v) is 4.35. The summed E-state index contributed by atoms with van der Waals surface area (Å²) in [6.07, 6.45) is 1.95. The molecule has 0 amide bonds. The fraction of sp³-hybridized carbons (Fsp3) is 0.550. The average molecular weight is 407 g/mol. The monoisotopic (exact) mass is 407 g/mol. The van der Waals surface area contributed by atoms with E-state index in [0.29, 0.717) is 25.9 Å². The number of halogens is 2. The number of fused-ring (bicyclic) bond motifs is 1. The first-order chi connectivity index (χ1) is 13.8. The molecule has 1 saturated heterocycles. The summed E-state index contributed by atoms with van der Waals surface area (Å²) in [4.78, 5) is 39.3. The molecule has 2 fully saturated rings. The zero-order valence-electron chi connectivity index (χ0n) is 16.1. The number of aliphatic carboxylic acids is 1. The number of nitrogens with zero attached hydrogens (tertiary/aromatic N) is 2. The van der Waals surface area contributed by atoms with Crippen molar-refractivity contribution in [2.24, 2.45) is 5.92 Å². The number of Topliss-reactive ketones (excluding diaryl/α,β-unsaturated/α-hetero) is 2. The molecule has 0 spiro atoms. The van der Waals surface area contributed by atoms with E-state index < -0.39 is 35.2 Å². The SMILES string of the molecule is CCNCC1CCN(c2c(F)cc3c(c2F)N(C2CC2)C(C(=O)O)C(=O)C3=O)C1. The molecule has 4 rings (SSSR count). The van der Waals surface area contributed by atoms with E-state index in [1.165, 1.54) is 4.90 Å². The zero-order chi connectivity index (χ0) is 20.9. The molecule has 1 saturated carbocycles. The summed E-state index contributed by atoms with van der Waals surface area (Å²) in [5.41, 5.74) is -0.891. The van der Waals surface area contributed by atoms with Crippen molar-refractivity contribution in [1.29, 1.82) is 0 Å². The van der Waals surface area contributed by atoms with Gasteiger partial charge < -0.3 is 20.2 Å². The van der Waals surface area contributed by atoms with E-state index in [1.54, 1.807) is 4.90 Å². The molecule has 156 valence electrons. The molecule has 29 heavy (non-hydrogen) atoms. The lowest BCUT2D eigenvalue weighted by Crippen LogP contribution is -2.55. The van der Waals surface area contributed by atoms with Gasteiger partial charge in [0.15, 0.2) is 11.9 Å². The van der Waals surface area contributed by atoms with Crippen LogP contribution in [0.3, 0.4) is 0 Å². The van der Waals surface area contributed by atoms with Gasteiger partial charge in [-0.1, -0.05) is 6.92 Å². The van der Waals surface area contributed by atoms with E-state index in [-0.39, 0.29) is 28.9 Å². The highest BCUT2D eigenvalue weighted by atomic mass is 19.1. The second-order valence-electron chi connectivity index (χ2n) is 7.90. The van der Waals surface area contributed by atoms with Gasteiger partial charge in [-0.25, -0.2) is 13.6 Å². The molecule has 1 aliphatic carbocycles. The maximum Gasteiger partial charge on any atom is 0.334 e. The van der Waals surface area contributed by atoms with Crippen LogP contribution in [-0.4, -0.2) is 60.9 Å². The van der Waals surface area contributed by atoms with Crippen molar-refractivity contribution in [3.05, 3.63) is 23.3 Å². The topological polar surface area (TPSA) is 89.9 Å². The molecule has 2 unspecified atom stereocenters. The molecule has 0 radical (unpaired) electrons. The molecule has 2 heterocycles.